The van der Waals surface area contributed by atoms with Crippen LogP contribution in [0, 0.1) is 13.8 Å². The van der Waals surface area contributed by atoms with Crippen molar-refractivity contribution < 1.29 is 4.79 Å². The fraction of sp³-hybridized carbons (Fsp3) is 0.231. The molecule has 2 rings (SSSR count). The van der Waals surface area contributed by atoms with Gasteiger partial charge in [0.15, 0.2) is 5.78 Å². The molecule has 0 aliphatic heterocycles. The van der Waals surface area contributed by atoms with Gasteiger partial charge in [-0.05, 0) is 32.0 Å². The van der Waals surface area contributed by atoms with Crippen LogP contribution < -0.4 is 0 Å². The largest absolute Gasteiger partial charge is 0.288 e. The molecule has 0 atom stereocenters. The Bertz CT molecular complexity index is 632. The minimum Gasteiger partial charge on any atom is -0.288 e. The molecule has 3 nitrogen and oxygen atoms in total. The number of carbonyl (C=O) groups is 1. The number of nitrogens with zero attached hydrogens (tertiary/aromatic N) is 2. The summed E-state index contributed by atoms with van der Waals surface area (Å²) in [6.07, 6.45) is 0. The van der Waals surface area contributed by atoms with Crippen molar-refractivity contribution in [3.05, 3.63) is 50.8 Å². The lowest BCUT2D eigenvalue weighted by Crippen LogP contribution is -2.04. The van der Waals surface area contributed by atoms with E-state index in [9.17, 15) is 4.79 Å². The van der Waals surface area contributed by atoms with Gasteiger partial charge in [-0.15, -0.1) is 0 Å². The first-order valence-electron chi connectivity index (χ1n) is 5.41. The van der Waals surface area contributed by atoms with Crippen LogP contribution in [0.3, 0.4) is 0 Å². The van der Waals surface area contributed by atoms with Crippen LogP contribution in [0.5, 0.6) is 0 Å². The first kappa shape index (κ1) is 13.1. The van der Waals surface area contributed by atoms with Crippen LogP contribution in [0.4, 0.5) is 0 Å². The summed E-state index contributed by atoms with van der Waals surface area (Å²) in [6, 6.07) is 4.87. The maximum Gasteiger partial charge on any atom is 0.196 e. The van der Waals surface area contributed by atoms with E-state index >= 15 is 0 Å². The SMILES string of the molecule is Cc1nn(C)c(C)c1C(=O)c1ccc(Cl)c(Cl)c1. The second-order valence-corrected chi connectivity index (χ2v) is 4.94. The number of benzene rings is 1. The van der Waals surface area contributed by atoms with Crippen molar-refractivity contribution in [2.45, 2.75) is 13.8 Å². The van der Waals surface area contributed by atoms with E-state index in [0.717, 1.165) is 5.69 Å². The van der Waals surface area contributed by atoms with E-state index in [4.69, 9.17) is 23.2 Å². The highest BCUT2D eigenvalue weighted by Gasteiger charge is 2.19. The zero-order valence-corrected chi connectivity index (χ0v) is 11.8. The summed E-state index contributed by atoms with van der Waals surface area (Å²) in [7, 11) is 1.81. The van der Waals surface area contributed by atoms with E-state index in [0.29, 0.717) is 26.9 Å². The summed E-state index contributed by atoms with van der Waals surface area (Å²) in [5.41, 5.74) is 2.69. The fourth-order valence-electron chi connectivity index (χ4n) is 1.88. The van der Waals surface area contributed by atoms with E-state index in [-0.39, 0.29) is 5.78 Å². The molecule has 18 heavy (non-hydrogen) atoms. The van der Waals surface area contributed by atoms with E-state index < -0.39 is 0 Å². The lowest BCUT2D eigenvalue weighted by atomic mass is 10.0. The fourth-order valence-corrected chi connectivity index (χ4v) is 2.18. The monoisotopic (exact) mass is 282 g/mol. The summed E-state index contributed by atoms with van der Waals surface area (Å²) in [6.45, 7) is 3.68. The highest BCUT2D eigenvalue weighted by Crippen LogP contribution is 2.25. The normalized spacial score (nSPS) is 10.7. The van der Waals surface area contributed by atoms with Crippen molar-refractivity contribution in [2.75, 3.05) is 0 Å². The molecule has 0 saturated carbocycles. The third-order valence-electron chi connectivity index (χ3n) is 2.92. The van der Waals surface area contributed by atoms with Crippen LogP contribution in [0.2, 0.25) is 10.0 Å². The van der Waals surface area contributed by atoms with Crippen LogP contribution >= 0.6 is 23.2 Å². The third-order valence-corrected chi connectivity index (χ3v) is 3.66. The van der Waals surface area contributed by atoms with Crippen LogP contribution in [0.1, 0.15) is 27.3 Å². The first-order chi connectivity index (χ1) is 8.41. The number of aryl methyl sites for hydroxylation is 2. The Morgan fingerprint density at radius 2 is 1.89 bits per heavy atom. The summed E-state index contributed by atoms with van der Waals surface area (Å²) in [5.74, 6) is -0.0864. The quantitative estimate of drug-likeness (QED) is 0.790. The minimum absolute atomic E-state index is 0.0864. The smallest absolute Gasteiger partial charge is 0.196 e. The molecule has 1 aromatic carbocycles. The summed E-state index contributed by atoms with van der Waals surface area (Å²) < 4.78 is 1.69. The predicted octanol–water partition coefficient (Wildman–Crippen LogP) is 3.57. The zero-order chi connectivity index (χ0) is 13.4. The number of rotatable bonds is 2. The third kappa shape index (κ3) is 2.16. The van der Waals surface area contributed by atoms with Gasteiger partial charge in [-0.25, -0.2) is 0 Å². The van der Waals surface area contributed by atoms with Crippen LogP contribution in [-0.2, 0) is 7.05 Å². The Morgan fingerprint density at radius 1 is 1.22 bits per heavy atom. The highest BCUT2D eigenvalue weighted by atomic mass is 35.5. The molecule has 0 aliphatic carbocycles. The van der Waals surface area contributed by atoms with Gasteiger partial charge in [0.2, 0.25) is 0 Å². The van der Waals surface area contributed by atoms with Crippen LogP contribution in [-0.4, -0.2) is 15.6 Å². The van der Waals surface area contributed by atoms with Gasteiger partial charge >= 0.3 is 0 Å². The predicted molar refractivity (Wildman–Crippen MR) is 72.6 cm³/mol. The Kier molecular flexibility index (Phi) is 3.46. The maximum atomic E-state index is 12.4. The van der Waals surface area contributed by atoms with Crippen molar-refractivity contribution >= 4 is 29.0 Å². The maximum absolute atomic E-state index is 12.4. The molecule has 94 valence electrons. The van der Waals surface area contributed by atoms with Gasteiger partial charge in [-0.3, -0.25) is 9.48 Å². The number of carbonyl (C=O) groups excluding carboxylic acids is 1. The molecule has 0 aliphatic rings. The average molecular weight is 283 g/mol. The molecule has 0 N–H and O–H groups in total. The Morgan fingerprint density at radius 3 is 2.39 bits per heavy atom. The van der Waals surface area contributed by atoms with Crippen molar-refractivity contribution in [2.24, 2.45) is 7.05 Å². The van der Waals surface area contributed by atoms with Gasteiger partial charge in [0.1, 0.15) is 0 Å². The molecule has 0 spiro atoms. The Hall–Kier alpha value is -1.32. The topological polar surface area (TPSA) is 34.9 Å². The van der Waals surface area contributed by atoms with E-state index in [2.05, 4.69) is 5.10 Å². The number of hydrogen-bond acceptors (Lipinski definition) is 2. The lowest BCUT2D eigenvalue weighted by molar-refractivity contribution is 0.103. The zero-order valence-electron chi connectivity index (χ0n) is 10.3. The summed E-state index contributed by atoms with van der Waals surface area (Å²) in [4.78, 5) is 12.4. The molecule has 0 radical (unpaired) electrons. The van der Waals surface area contributed by atoms with E-state index in [1.54, 1.807) is 22.9 Å². The van der Waals surface area contributed by atoms with Gasteiger partial charge in [0, 0.05) is 18.3 Å². The van der Waals surface area contributed by atoms with Gasteiger partial charge < -0.3 is 0 Å². The lowest BCUT2D eigenvalue weighted by Gasteiger charge is -2.03. The second-order valence-electron chi connectivity index (χ2n) is 4.13. The molecule has 1 heterocycles. The van der Waals surface area contributed by atoms with Crippen molar-refractivity contribution in [1.29, 1.82) is 0 Å². The van der Waals surface area contributed by atoms with Gasteiger partial charge in [0.25, 0.3) is 0 Å². The summed E-state index contributed by atoms with van der Waals surface area (Å²) >= 11 is 11.8. The molecule has 0 amide bonds. The van der Waals surface area contributed by atoms with Crippen molar-refractivity contribution in [3.63, 3.8) is 0 Å². The van der Waals surface area contributed by atoms with Gasteiger partial charge in [-0.2, -0.15) is 5.10 Å². The molecular formula is C13H12Cl2N2O. The standard InChI is InChI=1S/C13H12Cl2N2O/c1-7-12(8(2)17(3)16-7)13(18)9-4-5-10(14)11(15)6-9/h4-6H,1-3H3. The first-order valence-corrected chi connectivity index (χ1v) is 6.17. The molecule has 0 saturated heterocycles. The van der Waals surface area contributed by atoms with Crippen molar-refractivity contribution in [1.82, 2.24) is 9.78 Å². The number of hydrogen-bond donors (Lipinski definition) is 0. The highest BCUT2D eigenvalue weighted by molar-refractivity contribution is 6.42. The van der Waals surface area contributed by atoms with Gasteiger partial charge in [0.05, 0.1) is 21.3 Å². The Labute approximate surface area is 115 Å². The molecular weight excluding hydrogens is 271 g/mol. The molecule has 2 aromatic rings. The number of aromatic nitrogens is 2. The summed E-state index contributed by atoms with van der Waals surface area (Å²) in [5, 5.41) is 5.05. The number of halogens is 2. The van der Waals surface area contributed by atoms with E-state index in [1.165, 1.54) is 0 Å². The Balaban J connectivity index is 2.51. The van der Waals surface area contributed by atoms with Gasteiger partial charge in [-0.1, -0.05) is 23.2 Å². The molecule has 5 heteroatoms. The molecule has 0 bridgehead atoms. The average Bonchev–Trinajstić information content (AvgIpc) is 2.56. The minimum atomic E-state index is -0.0864. The van der Waals surface area contributed by atoms with E-state index in [1.807, 2.05) is 20.9 Å². The van der Waals surface area contributed by atoms with Crippen molar-refractivity contribution in [3.8, 4) is 0 Å². The van der Waals surface area contributed by atoms with Crippen LogP contribution in [0.15, 0.2) is 18.2 Å². The number of ketones is 1. The second kappa shape index (κ2) is 4.75. The molecule has 0 fully saturated rings. The molecule has 0 unspecified atom stereocenters. The van der Waals surface area contributed by atoms with Crippen LogP contribution in [0.25, 0.3) is 0 Å². The molecule has 1 aromatic heterocycles.